The highest BCUT2D eigenvalue weighted by atomic mass is 127. The molecular formula is C22H26ClIN6O2. The number of carbonyl (C=O) groups is 1. The number of halogens is 2. The summed E-state index contributed by atoms with van der Waals surface area (Å²) in [6.07, 6.45) is 0. The van der Waals surface area contributed by atoms with Crippen LogP contribution in [0.25, 0.3) is 11.4 Å². The average Bonchev–Trinajstić information content (AvgIpc) is 3.25. The molecule has 0 fully saturated rings. The second kappa shape index (κ2) is 12.4. The fourth-order valence-electron chi connectivity index (χ4n) is 2.73. The Bertz CT molecular complexity index is 1040. The molecule has 1 aromatic heterocycles. The summed E-state index contributed by atoms with van der Waals surface area (Å²) in [5.74, 6) is 1.55. The summed E-state index contributed by atoms with van der Waals surface area (Å²) in [5.41, 5.74) is 2.47. The lowest BCUT2D eigenvalue weighted by molar-refractivity contribution is 0.0827. The van der Waals surface area contributed by atoms with E-state index in [1.165, 1.54) is 0 Å². The van der Waals surface area contributed by atoms with Gasteiger partial charge in [-0.25, -0.2) is 4.99 Å². The molecule has 0 unspecified atom stereocenters. The Labute approximate surface area is 209 Å². The summed E-state index contributed by atoms with van der Waals surface area (Å²) in [7, 11) is 3.47. The van der Waals surface area contributed by atoms with Crippen molar-refractivity contribution >= 4 is 47.4 Å². The maximum absolute atomic E-state index is 12.0. The van der Waals surface area contributed by atoms with Crippen LogP contribution in [0.3, 0.4) is 0 Å². The van der Waals surface area contributed by atoms with Crippen molar-refractivity contribution in [3.63, 3.8) is 0 Å². The van der Waals surface area contributed by atoms with Crippen molar-refractivity contribution in [1.29, 1.82) is 0 Å². The zero-order valence-corrected chi connectivity index (χ0v) is 21.2. The largest absolute Gasteiger partial charge is 0.357 e. The van der Waals surface area contributed by atoms with Gasteiger partial charge in [0, 0.05) is 36.8 Å². The van der Waals surface area contributed by atoms with Gasteiger partial charge in [-0.05, 0) is 48.9 Å². The molecule has 8 nitrogen and oxygen atoms in total. The Morgan fingerprint density at radius 3 is 2.41 bits per heavy atom. The van der Waals surface area contributed by atoms with Crippen LogP contribution in [0.15, 0.2) is 58.0 Å². The SMILES string of the molecule is CCNC(=NCc1ccc(C(=O)N(C)C)cc1)NCc1nc(-c2ccc(Cl)cc2)no1.I. The molecule has 0 aliphatic carbocycles. The zero-order chi connectivity index (χ0) is 22.2. The summed E-state index contributed by atoms with van der Waals surface area (Å²) in [4.78, 5) is 22.5. The van der Waals surface area contributed by atoms with Gasteiger partial charge in [-0.15, -0.1) is 24.0 Å². The van der Waals surface area contributed by atoms with E-state index in [1.807, 2.05) is 43.3 Å². The number of carbonyl (C=O) groups excluding carboxylic acids is 1. The van der Waals surface area contributed by atoms with E-state index in [0.29, 0.717) is 47.9 Å². The van der Waals surface area contributed by atoms with Gasteiger partial charge in [-0.3, -0.25) is 4.79 Å². The highest BCUT2D eigenvalue weighted by molar-refractivity contribution is 14.0. The van der Waals surface area contributed by atoms with Gasteiger partial charge in [-0.2, -0.15) is 4.98 Å². The van der Waals surface area contributed by atoms with Gasteiger partial charge < -0.3 is 20.1 Å². The van der Waals surface area contributed by atoms with Crippen LogP contribution in [0.4, 0.5) is 0 Å². The maximum atomic E-state index is 12.0. The van der Waals surface area contributed by atoms with Crippen LogP contribution in [0.2, 0.25) is 5.02 Å². The van der Waals surface area contributed by atoms with Crippen molar-refractivity contribution in [3.05, 3.63) is 70.6 Å². The smallest absolute Gasteiger partial charge is 0.253 e. The number of aromatic nitrogens is 2. The minimum absolute atomic E-state index is 0. The van der Waals surface area contributed by atoms with Crippen LogP contribution in [-0.2, 0) is 13.1 Å². The fourth-order valence-corrected chi connectivity index (χ4v) is 2.85. The second-order valence-corrected chi connectivity index (χ2v) is 7.40. The Morgan fingerprint density at radius 2 is 1.78 bits per heavy atom. The van der Waals surface area contributed by atoms with E-state index in [0.717, 1.165) is 11.1 Å². The Hall–Kier alpha value is -2.66. The minimum Gasteiger partial charge on any atom is -0.357 e. The molecule has 0 aliphatic heterocycles. The molecular weight excluding hydrogens is 543 g/mol. The molecule has 1 amide bonds. The van der Waals surface area contributed by atoms with Gasteiger partial charge in [0.05, 0.1) is 13.1 Å². The second-order valence-electron chi connectivity index (χ2n) is 6.96. The molecule has 0 bridgehead atoms. The monoisotopic (exact) mass is 568 g/mol. The number of benzene rings is 2. The summed E-state index contributed by atoms with van der Waals surface area (Å²) in [5, 5.41) is 11.0. The number of hydrogen-bond donors (Lipinski definition) is 2. The molecule has 0 atom stereocenters. The molecule has 1 heterocycles. The highest BCUT2D eigenvalue weighted by Gasteiger charge is 2.10. The van der Waals surface area contributed by atoms with Crippen molar-refractivity contribution in [1.82, 2.24) is 25.7 Å². The van der Waals surface area contributed by atoms with Crippen LogP contribution < -0.4 is 10.6 Å². The number of hydrogen-bond acceptors (Lipinski definition) is 5. The summed E-state index contributed by atoms with van der Waals surface area (Å²) < 4.78 is 5.32. The summed E-state index contributed by atoms with van der Waals surface area (Å²) in [6, 6.07) is 14.7. The van der Waals surface area contributed by atoms with E-state index in [9.17, 15) is 4.79 Å². The van der Waals surface area contributed by atoms with Gasteiger partial charge >= 0.3 is 0 Å². The van der Waals surface area contributed by atoms with E-state index in [4.69, 9.17) is 16.1 Å². The average molecular weight is 569 g/mol. The van der Waals surface area contributed by atoms with Crippen molar-refractivity contribution in [2.75, 3.05) is 20.6 Å². The normalized spacial score (nSPS) is 10.9. The van der Waals surface area contributed by atoms with Crippen molar-refractivity contribution < 1.29 is 9.32 Å². The Morgan fingerprint density at radius 1 is 1.09 bits per heavy atom. The number of amides is 1. The van der Waals surface area contributed by atoms with E-state index in [2.05, 4.69) is 25.8 Å². The number of guanidine groups is 1. The molecule has 0 saturated carbocycles. The molecule has 2 aromatic carbocycles. The van der Waals surface area contributed by atoms with Crippen molar-refractivity contribution in [2.24, 2.45) is 4.99 Å². The summed E-state index contributed by atoms with van der Waals surface area (Å²) >= 11 is 5.92. The standard InChI is InChI=1S/C22H25ClN6O2.HI/c1-4-24-22(25-13-15-5-7-17(8-6-15)21(30)29(2)3)26-14-19-27-20(28-31-19)16-9-11-18(23)12-10-16;/h5-12H,4,13-14H2,1-3H3,(H2,24,25,26);1H. The van der Waals surface area contributed by atoms with Gasteiger partial charge in [0.1, 0.15) is 0 Å². The van der Waals surface area contributed by atoms with Crippen LogP contribution >= 0.6 is 35.6 Å². The molecule has 32 heavy (non-hydrogen) atoms. The number of nitrogens with one attached hydrogen (secondary N) is 2. The molecule has 0 radical (unpaired) electrons. The molecule has 2 N–H and O–H groups in total. The lowest BCUT2D eigenvalue weighted by Crippen LogP contribution is -2.36. The van der Waals surface area contributed by atoms with Gasteiger partial charge in [0.2, 0.25) is 11.7 Å². The van der Waals surface area contributed by atoms with Crippen LogP contribution in [0.5, 0.6) is 0 Å². The number of nitrogens with zero attached hydrogens (tertiary/aromatic N) is 4. The number of aliphatic imine (C=N–C) groups is 1. The quantitative estimate of drug-likeness (QED) is 0.255. The van der Waals surface area contributed by atoms with Crippen molar-refractivity contribution in [3.8, 4) is 11.4 Å². The fraction of sp³-hybridized carbons (Fsp3) is 0.273. The molecule has 3 rings (SSSR count). The Kier molecular flexibility index (Phi) is 9.92. The third-order valence-electron chi connectivity index (χ3n) is 4.35. The first kappa shape index (κ1) is 25.6. The molecule has 170 valence electrons. The van der Waals surface area contributed by atoms with Crippen LogP contribution in [0.1, 0.15) is 28.7 Å². The van der Waals surface area contributed by atoms with E-state index < -0.39 is 0 Å². The Balaban J connectivity index is 0.00000363. The van der Waals surface area contributed by atoms with E-state index in [-0.39, 0.29) is 29.9 Å². The maximum Gasteiger partial charge on any atom is 0.253 e. The number of rotatable bonds is 7. The first-order chi connectivity index (χ1) is 15.0. The first-order valence-corrected chi connectivity index (χ1v) is 10.3. The van der Waals surface area contributed by atoms with Crippen molar-refractivity contribution in [2.45, 2.75) is 20.0 Å². The predicted molar refractivity (Wildman–Crippen MR) is 136 cm³/mol. The highest BCUT2D eigenvalue weighted by Crippen LogP contribution is 2.18. The lowest BCUT2D eigenvalue weighted by Gasteiger charge is -2.11. The summed E-state index contributed by atoms with van der Waals surface area (Å²) in [6.45, 7) is 3.50. The molecule has 0 saturated heterocycles. The molecule has 10 heteroatoms. The van der Waals surface area contributed by atoms with Crippen LogP contribution in [-0.4, -0.2) is 47.5 Å². The topological polar surface area (TPSA) is 95.7 Å². The minimum atomic E-state index is -0.0254. The van der Waals surface area contributed by atoms with E-state index >= 15 is 0 Å². The molecule has 0 aliphatic rings. The zero-order valence-electron chi connectivity index (χ0n) is 18.1. The van der Waals surface area contributed by atoms with E-state index in [1.54, 1.807) is 31.1 Å². The predicted octanol–water partition coefficient (Wildman–Crippen LogP) is 3.97. The third kappa shape index (κ3) is 7.20. The lowest BCUT2D eigenvalue weighted by atomic mass is 10.1. The van der Waals surface area contributed by atoms with Gasteiger partial charge in [0.15, 0.2) is 5.96 Å². The third-order valence-corrected chi connectivity index (χ3v) is 4.60. The van der Waals surface area contributed by atoms with Gasteiger partial charge in [0.25, 0.3) is 5.91 Å². The van der Waals surface area contributed by atoms with Gasteiger partial charge in [-0.1, -0.05) is 28.9 Å². The van der Waals surface area contributed by atoms with Crippen LogP contribution in [0, 0.1) is 0 Å². The molecule has 0 spiro atoms. The molecule has 3 aromatic rings. The first-order valence-electron chi connectivity index (χ1n) is 9.87.